The summed E-state index contributed by atoms with van der Waals surface area (Å²) >= 11 is 0. The number of ether oxygens (including phenoxy) is 3. The van der Waals surface area contributed by atoms with Crippen LogP contribution >= 0.6 is 10.6 Å². The van der Waals surface area contributed by atoms with Crippen LogP contribution in [0, 0.1) is 13.8 Å². The van der Waals surface area contributed by atoms with Gasteiger partial charge < -0.3 is 19.3 Å². The summed E-state index contributed by atoms with van der Waals surface area (Å²) in [6.07, 6.45) is 1.38. The summed E-state index contributed by atoms with van der Waals surface area (Å²) in [5.74, 6) is 2.06. The first kappa shape index (κ1) is 26.4. The Morgan fingerprint density at radius 3 is 2.45 bits per heavy atom. The minimum Gasteiger partial charge on any atom is -0.492 e. The van der Waals surface area contributed by atoms with Gasteiger partial charge in [-0.1, -0.05) is 24.3 Å². The van der Waals surface area contributed by atoms with E-state index in [0.717, 1.165) is 39.1 Å². The van der Waals surface area contributed by atoms with Crippen molar-refractivity contribution < 1.29 is 33.2 Å². The number of fused-ring (bicyclic) bond motifs is 1. The summed E-state index contributed by atoms with van der Waals surface area (Å²) < 4.78 is 37.7. The van der Waals surface area contributed by atoms with E-state index in [0.29, 0.717) is 49.1 Å². The van der Waals surface area contributed by atoms with E-state index in [4.69, 9.17) is 19.3 Å². The first-order chi connectivity index (χ1) is 18.2. The van der Waals surface area contributed by atoms with E-state index < -0.39 is 16.6 Å². The van der Waals surface area contributed by atoms with E-state index in [1.807, 2.05) is 30.3 Å². The van der Waals surface area contributed by atoms with Gasteiger partial charge in [-0.3, -0.25) is 13.9 Å². The van der Waals surface area contributed by atoms with Crippen LogP contribution < -0.4 is 14.2 Å². The van der Waals surface area contributed by atoms with Crippen LogP contribution in [-0.4, -0.2) is 44.4 Å². The highest BCUT2D eigenvalue weighted by atomic mass is 32.3. The standard InChI is InChI=1S/C30H34O7S/c1-19-12-26(37-24-8-10-38(33,34)11-9-24)13-20(2)30(19)22-5-3-4-21(14-22)17-35-25-6-7-27-23(15-29(31)32)18-36-28(27)16-25/h3-7,12-14,16,23-24,33-34H,8-11,15,17-18H2,1-2H3,(H,31,32)/t23-/m1/s1. The number of hydrogen-bond acceptors (Lipinski definition) is 6. The lowest BCUT2D eigenvalue weighted by Gasteiger charge is -2.39. The van der Waals surface area contributed by atoms with Crippen LogP contribution in [0.2, 0.25) is 0 Å². The Morgan fingerprint density at radius 2 is 1.74 bits per heavy atom. The largest absolute Gasteiger partial charge is 0.492 e. The predicted octanol–water partition coefficient (Wildman–Crippen LogP) is 6.79. The fourth-order valence-corrected chi connectivity index (χ4v) is 6.84. The minimum absolute atomic E-state index is 0.00715. The van der Waals surface area contributed by atoms with Crippen LogP contribution in [0.4, 0.5) is 0 Å². The third-order valence-corrected chi connectivity index (χ3v) is 9.03. The van der Waals surface area contributed by atoms with E-state index in [9.17, 15) is 13.9 Å². The van der Waals surface area contributed by atoms with E-state index in [2.05, 4.69) is 38.1 Å². The van der Waals surface area contributed by atoms with Gasteiger partial charge in [-0.05, 0) is 65.9 Å². The first-order valence-electron chi connectivity index (χ1n) is 12.9. The Kier molecular flexibility index (Phi) is 7.56. The van der Waals surface area contributed by atoms with Crippen molar-refractivity contribution in [1.29, 1.82) is 0 Å². The predicted molar refractivity (Wildman–Crippen MR) is 149 cm³/mol. The molecular weight excluding hydrogens is 504 g/mol. The van der Waals surface area contributed by atoms with E-state index in [1.165, 1.54) is 0 Å². The highest BCUT2D eigenvalue weighted by Crippen LogP contribution is 2.45. The zero-order valence-corrected chi connectivity index (χ0v) is 22.5. The fraction of sp³-hybridized carbons (Fsp3) is 0.367. The Morgan fingerprint density at radius 1 is 1.00 bits per heavy atom. The number of carboxylic acids is 1. The number of carboxylic acid groups (broad SMARTS) is 1. The summed E-state index contributed by atoms with van der Waals surface area (Å²) in [6, 6.07) is 18.0. The Hall–Kier alpha value is -3.20. The van der Waals surface area contributed by atoms with Crippen LogP contribution in [0.5, 0.6) is 17.2 Å². The van der Waals surface area contributed by atoms with Crippen molar-refractivity contribution in [3.8, 4) is 28.4 Å². The molecular formula is C30H34O7S. The van der Waals surface area contributed by atoms with Gasteiger partial charge in [0, 0.05) is 41.9 Å². The van der Waals surface area contributed by atoms with Crippen molar-refractivity contribution in [1.82, 2.24) is 0 Å². The third-order valence-electron chi connectivity index (χ3n) is 7.25. The van der Waals surface area contributed by atoms with Crippen molar-refractivity contribution in [3.05, 3.63) is 76.9 Å². The smallest absolute Gasteiger partial charge is 0.304 e. The summed E-state index contributed by atoms with van der Waals surface area (Å²) in [4.78, 5) is 11.1. The molecule has 8 heteroatoms. The van der Waals surface area contributed by atoms with Crippen molar-refractivity contribution in [2.45, 2.75) is 51.7 Å². The number of aryl methyl sites for hydroxylation is 2. The molecule has 202 valence electrons. The lowest BCUT2D eigenvalue weighted by molar-refractivity contribution is -0.137. The molecule has 0 aromatic heterocycles. The second kappa shape index (κ2) is 10.9. The molecule has 2 aliphatic heterocycles. The summed E-state index contributed by atoms with van der Waals surface area (Å²) in [6.45, 7) is 4.94. The second-order valence-electron chi connectivity index (χ2n) is 10.3. The number of rotatable bonds is 8. The third kappa shape index (κ3) is 6.09. The van der Waals surface area contributed by atoms with Crippen molar-refractivity contribution >= 4 is 16.6 Å². The van der Waals surface area contributed by atoms with Gasteiger partial charge >= 0.3 is 5.97 Å². The van der Waals surface area contributed by atoms with Crippen LogP contribution in [0.15, 0.2) is 54.6 Å². The molecule has 0 aliphatic carbocycles. The normalized spacial score (nSPS) is 19.3. The molecule has 3 N–H and O–H groups in total. The minimum atomic E-state index is -2.42. The molecule has 1 saturated heterocycles. The number of carbonyl (C=O) groups is 1. The van der Waals surface area contributed by atoms with Crippen molar-refractivity contribution in [2.75, 3.05) is 18.1 Å². The van der Waals surface area contributed by atoms with Gasteiger partial charge in [-0.25, -0.2) is 0 Å². The topological polar surface area (TPSA) is 105 Å². The maximum atomic E-state index is 11.1. The molecule has 0 radical (unpaired) electrons. The maximum Gasteiger partial charge on any atom is 0.304 e. The molecule has 2 heterocycles. The van der Waals surface area contributed by atoms with Crippen LogP contribution in [0.3, 0.4) is 0 Å². The van der Waals surface area contributed by atoms with Gasteiger partial charge in [-0.15, -0.1) is 0 Å². The first-order valence-corrected chi connectivity index (χ1v) is 14.8. The lowest BCUT2D eigenvalue weighted by Crippen LogP contribution is -2.28. The zero-order chi connectivity index (χ0) is 26.9. The summed E-state index contributed by atoms with van der Waals surface area (Å²) in [5.41, 5.74) is 6.45. The molecule has 0 spiro atoms. The molecule has 0 bridgehead atoms. The highest BCUT2D eigenvalue weighted by Gasteiger charge is 2.27. The van der Waals surface area contributed by atoms with Crippen LogP contribution in [0.1, 0.15) is 47.4 Å². The maximum absolute atomic E-state index is 11.1. The summed E-state index contributed by atoms with van der Waals surface area (Å²) in [5, 5.41) is 9.10. The molecule has 38 heavy (non-hydrogen) atoms. The van der Waals surface area contributed by atoms with E-state index in [1.54, 1.807) is 0 Å². The molecule has 2 aliphatic rings. The second-order valence-corrected chi connectivity index (χ2v) is 12.7. The van der Waals surface area contributed by atoms with Gasteiger partial charge in [0.15, 0.2) is 0 Å². The van der Waals surface area contributed by atoms with Gasteiger partial charge in [-0.2, -0.15) is 10.6 Å². The fourth-order valence-electron chi connectivity index (χ4n) is 5.35. The number of hydrogen-bond donors (Lipinski definition) is 3. The van der Waals surface area contributed by atoms with Gasteiger partial charge in [0.1, 0.15) is 30.0 Å². The average Bonchev–Trinajstić information content (AvgIpc) is 3.25. The molecule has 0 amide bonds. The Bertz CT molecular complexity index is 1300. The molecule has 1 fully saturated rings. The molecule has 1 atom stereocenters. The van der Waals surface area contributed by atoms with Gasteiger partial charge in [0.2, 0.25) is 0 Å². The zero-order valence-electron chi connectivity index (χ0n) is 21.7. The van der Waals surface area contributed by atoms with Crippen molar-refractivity contribution in [2.24, 2.45) is 0 Å². The van der Waals surface area contributed by atoms with Crippen molar-refractivity contribution in [3.63, 3.8) is 0 Å². The van der Waals surface area contributed by atoms with Crippen LogP contribution in [-0.2, 0) is 11.4 Å². The highest BCUT2D eigenvalue weighted by molar-refractivity contribution is 8.24. The van der Waals surface area contributed by atoms with E-state index >= 15 is 0 Å². The molecule has 7 nitrogen and oxygen atoms in total. The monoisotopic (exact) mass is 538 g/mol. The molecule has 3 aromatic rings. The molecule has 5 rings (SSSR count). The van der Waals surface area contributed by atoms with Crippen LogP contribution in [0.25, 0.3) is 11.1 Å². The number of benzene rings is 3. The SMILES string of the molecule is Cc1cc(OC2CCS(O)(O)CC2)cc(C)c1-c1cccc(COc2ccc3c(c2)OC[C@H]3CC(=O)O)c1. The number of aliphatic carboxylic acids is 1. The Balaban J connectivity index is 1.25. The Labute approximate surface area is 224 Å². The average molecular weight is 539 g/mol. The van der Waals surface area contributed by atoms with E-state index in [-0.39, 0.29) is 18.4 Å². The quantitative estimate of drug-likeness (QED) is 0.290. The molecule has 0 saturated carbocycles. The van der Waals surface area contributed by atoms with Gasteiger partial charge in [0.05, 0.1) is 13.0 Å². The lowest BCUT2D eigenvalue weighted by atomic mass is 9.94. The van der Waals surface area contributed by atoms with Gasteiger partial charge in [0.25, 0.3) is 0 Å². The summed E-state index contributed by atoms with van der Waals surface area (Å²) in [7, 11) is -2.42. The molecule has 3 aromatic carbocycles. The molecule has 0 unspecified atom stereocenters.